The van der Waals surface area contributed by atoms with Crippen molar-refractivity contribution in [1.82, 2.24) is 10.1 Å². The second-order valence-electron chi connectivity index (χ2n) is 6.16. The molecule has 0 saturated heterocycles. The van der Waals surface area contributed by atoms with Gasteiger partial charge in [0.25, 0.3) is 11.8 Å². The van der Waals surface area contributed by atoms with Gasteiger partial charge in [-0.25, -0.2) is 14.6 Å². The van der Waals surface area contributed by atoms with E-state index in [-0.39, 0.29) is 42.7 Å². The van der Waals surface area contributed by atoms with Crippen LogP contribution in [0.3, 0.4) is 0 Å². The monoisotopic (exact) mass is 443 g/mol. The molecule has 1 aromatic carbocycles. The number of alkyl halides is 3. The lowest BCUT2D eigenvalue weighted by Gasteiger charge is -2.09. The highest BCUT2D eigenvalue weighted by atomic mass is 19.4. The van der Waals surface area contributed by atoms with Crippen molar-refractivity contribution < 1.29 is 41.5 Å². The van der Waals surface area contributed by atoms with Crippen molar-refractivity contribution in [2.45, 2.75) is 13.1 Å². The highest BCUT2D eigenvalue weighted by Gasteiger charge is 2.31. The molecule has 12 heteroatoms. The number of hydrogen-bond donors (Lipinski definition) is 0. The molecule has 0 spiro atoms. The normalized spacial score (nSPS) is 11.4. The van der Waals surface area contributed by atoms with Crippen molar-refractivity contribution in [2.75, 3.05) is 33.9 Å². The van der Waals surface area contributed by atoms with Crippen LogP contribution in [0.1, 0.15) is 33.2 Å². The SMILES string of the molecule is CCOC(=O)c1c(OCCOC(=O)c2cccc(C(F)(F)F)c2)noc1N=CN(C)C. The van der Waals surface area contributed by atoms with Crippen molar-refractivity contribution in [2.24, 2.45) is 4.99 Å². The zero-order valence-corrected chi connectivity index (χ0v) is 16.9. The topological polar surface area (TPSA) is 103 Å². The molecule has 0 aliphatic rings. The van der Waals surface area contributed by atoms with E-state index in [1.54, 1.807) is 25.9 Å². The zero-order valence-electron chi connectivity index (χ0n) is 16.9. The molecular weight excluding hydrogens is 423 g/mol. The summed E-state index contributed by atoms with van der Waals surface area (Å²) in [6.45, 7) is 1.14. The number of rotatable bonds is 9. The largest absolute Gasteiger partial charge is 0.471 e. The predicted octanol–water partition coefficient (Wildman–Crippen LogP) is 3.33. The molecule has 31 heavy (non-hydrogen) atoms. The first-order chi connectivity index (χ1) is 14.6. The molecule has 0 aliphatic heterocycles. The first kappa shape index (κ1) is 23.7. The fourth-order valence-corrected chi connectivity index (χ4v) is 2.18. The Morgan fingerprint density at radius 1 is 1.19 bits per heavy atom. The predicted molar refractivity (Wildman–Crippen MR) is 102 cm³/mol. The number of halogens is 3. The number of nitrogens with zero attached hydrogens (tertiary/aromatic N) is 3. The minimum Gasteiger partial charge on any atom is -0.471 e. The number of esters is 2. The van der Waals surface area contributed by atoms with E-state index in [1.165, 1.54) is 12.4 Å². The second-order valence-corrected chi connectivity index (χ2v) is 6.16. The summed E-state index contributed by atoms with van der Waals surface area (Å²) in [7, 11) is 3.42. The fourth-order valence-electron chi connectivity index (χ4n) is 2.18. The number of aromatic nitrogens is 1. The Hall–Kier alpha value is -3.57. The van der Waals surface area contributed by atoms with Gasteiger partial charge >= 0.3 is 18.1 Å². The Balaban J connectivity index is 2.00. The number of benzene rings is 1. The van der Waals surface area contributed by atoms with Gasteiger partial charge in [0.05, 0.1) is 24.1 Å². The van der Waals surface area contributed by atoms with Crippen molar-refractivity contribution in [3.05, 3.63) is 41.0 Å². The van der Waals surface area contributed by atoms with E-state index in [0.29, 0.717) is 6.07 Å². The third-order valence-electron chi connectivity index (χ3n) is 3.51. The van der Waals surface area contributed by atoms with Gasteiger partial charge in [-0.1, -0.05) is 6.07 Å². The van der Waals surface area contributed by atoms with Crippen LogP contribution in [0.15, 0.2) is 33.8 Å². The number of carbonyl (C=O) groups excluding carboxylic acids is 2. The van der Waals surface area contributed by atoms with Gasteiger partial charge in [-0.2, -0.15) is 13.2 Å². The third-order valence-corrected chi connectivity index (χ3v) is 3.51. The van der Waals surface area contributed by atoms with Gasteiger partial charge in [0.1, 0.15) is 13.2 Å². The van der Waals surface area contributed by atoms with Crippen LogP contribution >= 0.6 is 0 Å². The summed E-state index contributed by atoms with van der Waals surface area (Å²) in [6, 6.07) is 3.84. The average molecular weight is 443 g/mol. The summed E-state index contributed by atoms with van der Waals surface area (Å²) in [4.78, 5) is 29.7. The third kappa shape index (κ3) is 6.73. The highest BCUT2D eigenvalue weighted by molar-refractivity contribution is 5.96. The van der Waals surface area contributed by atoms with Crippen LogP contribution < -0.4 is 4.74 Å². The summed E-state index contributed by atoms with van der Waals surface area (Å²) >= 11 is 0. The van der Waals surface area contributed by atoms with Crippen LogP contribution in [-0.2, 0) is 15.7 Å². The molecule has 0 unspecified atom stereocenters. The minimum atomic E-state index is -4.58. The molecule has 2 rings (SSSR count). The van der Waals surface area contributed by atoms with Crippen LogP contribution in [-0.4, -0.2) is 62.2 Å². The lowest BCUT2D eigenvalue weighted by Crippen LogP contribution is -2.15. The maximum Gasteiger partial charge on any atom is 0.416 e. The van der Waals surface area contributed by atoms with Crippen LogP contribution in [0, 0.1) is 0 Å². The summed E-state index contributed by atoms with van der Waals surface area (Å²) in [6.07, 6.45) is -3.20. The minimum absolute atomic E-state index is 0.0922. The molecule has 0 saturated carbocycles. The Morgan fingerprint density at radius 3 is 2.58 bits per heavy atom. The van der Waals surface area contributed by atoms with E-state index in [9.17, 15) is 22.8 Å². The molecular formula is C19H20F3N3O6. The van der Waals surface area contributed by atoms with E-state index in [2.05, 4.69) is 10.1 Å². The molecule has 0 bridgehead atoms. The van der Waals surface area contributed by atoms with Crippen molar-refractivity contribution in [1.29, 1.82) is 0 Å². The number of ether oxygens (including phenoxy) is 3. The molecule has 0 aliphatic carbocycles. The van der Waals surface area contributed by atoms with Gasteiger partial charge < -0.3 is 23.6 Å². The summed E-state index contributed by atoms with van der Waals surface area (Å²) in [5, 5.41) is 3.62. The maximum absolute atomic E-state index is 12.7. The number of aliphatic imine (C=N–C) groups is 1. The van der Waals surface area contributed by atoms with Gasteiger partial charge in [-0.3, -0.25) is 0 Å². The Labute approximate surface area is 175 Å². The molecule has 0 atom stereocenters. The lowest BCUT2D eigenvalue weighted by atomic mass is 10.1. The molecule has 168 valence electrons. The van der Waals surface area contributed by atoms with Gasteiger partial charge in [0.15, 0.2) is 5.56 Å². The molecule has 0 fully saturated rings. The van der Waals surface area contributed by atoms with Crippen molar-refractivity contribution in [3.63, 3.8) is 0 Å². The molecule has 0 amide bonds. The zero-order chi connectivity index (χ0) is 23.0. The lowest BCUT2D eigenvalue weighted by molar-refractivity contribution is -0.137. The number of carbonyl (C=O) groups is 2. The Morgan fingerprint density at radius 2 is 1.94 bits per heavy atom. The van der Waals surface area contributed by atoms with Crippen LogP contribution in [0.5, 0.6) is 5.88 Å². The summed E-state index contributed by atoms with van der Waals surface area (Å²) in [5.74, 6) is -2.09. The van der Waals surface area contributed by atoms with Gasteiger partial charge in [0.2, 0.25) is 0 Å². The molecule has 9 nitrogen and oxygen atoms in total. The van der Waals surface area contributed by atoms with Crippen molar-refractivity contribution in [3.8, 4) is 5.88 Å². The maximum atomic E-state index is 12.7. The second kappa shape index (κ2) is 10.5. The quantitative estimate of drug-likeness (QED) is 0.252. The van der Waals surface area contributed by atoms with E-state index < -0.39 is 23.7 Å². The number of hydrogen-bond acceptors (Lipinski definition) is 8. The van der Waals surface area contributed by atoms with Crippen molar-refractivity contribution >= 4 is 24.2 Å². The Bertz CT molecular complexity index is 940. The molecule has 0 radical (unpaired) electrons. The fraction of sp³-hybridized carbons (Fsp3) is 0.368. The van der Waals surface area contributed by atoms with E-state index in [0.717, 1.165) is 12.1 Å². The molecule has 1 heterocycles. The van der Waals surface area contributed by atoms with Crippen LogP contribution in [0.2, 0.25) is 0 Å². The van der Waals surface area contributed by atoms with E-state index >= 15 is 0 Å². The van der Waals surface area contributed by atoms with E-state index in [1.807, 2.05) is 0 Å². The standard InChI is InChI=1S/C19H20F3N3O6/c1-4-28-18(27)14-15(23-11-25(2)3)31-24-16(14)29-8-9-30-17(26)12-6-5-7-13(10-12)19(20,21)22/h5-7,10-11H,4,8-9H2,1-3H3. The van der Waals surface area contributed by atoms with Crippen LogP contribution in [0.4, 0.5) is 19.1 Å². The first-order valence-electron chi connectivity index (χ1n) is 8.98. The molecule has 1 aromatic heterocycles. The van der Waals surface area contributed by atoms with Gasteiger partial charge in [-0.15, -0.1) is 0 Å². The Kier molecular flexibility index (Phi) is 8.00. The molecule has 0 N–H and O–H groups in total. The molecule has 2 aromatic rings. The smallest absolute Gasteiger partial charge is 0.416 e. The highest BCUT2D eigenvalue weighted by Crippen LogP contribution is 2.30. The van der Waals surface area contributed by atoms with Crippen LogP contribution in [0.25, 0.3) is 0 Å². The van der Waals surface area contributed by atoms with Gasteiger partial charge in [-0.05, 0) is 30.3 Å². The average Bonchev–Trinajstić information content (AvgIpc) is 3.12. The summed E-state index contributed by atoms with van der Waals surface area (Å²) < 4.78 is 58.4. The first-order valence-corrected chi connectivity index (χ1v) is 8.98. The van der Waals surface area contributed by atoms with Gasteiger partial charge in [0, 0.05) is 14.1 Å². The summed E-state index contributed by atoms with van der Waals surface area (Å²) in [5.41, 5.74) is -1.38. The van der Waals surface area contributed by atoms with E-state index in [4.69, 9.17) is 18.7 Å².